The molecule has 3 aromatic rings. The third-order valence-corrected chi connectivity index (χ3v) is 2.92. The van der Waals surface area contributed by atoms with Crippen LogP contribution in [0.3, 0.4) is 0 Å². The van der Waals surface area contributed by atoms with Gasteiger partial charge in [0.1, 0.15) is 5.82 Å². The highest BCUT2D eigenvalue weighted by Gasteiger charge is 2.08. The minimum atomic E-state index is 0.709. The summed E-state index contributed by atoms with van der Waals surface area (Å²) < 4.78 is 1.74. The molecule has 3 heterocycles. The summed E-state index contributed by atoms with van der Waals surface area (Å²) >= 11 is 0. The fourth-order valence-electron chi connectivity index (χ4n) is 1.91. The van der Waals surface area contributed by atoms with Crippen molar-refractivity contribution in [3.05, 3.63) is 48.0 Å². The zero-order chi connectivity index (χ0) is 13.2. The van der Waals surface area contributed by atoms with E-state index in [0.717, 1.165) is 23.0 Å². The second-order valence-electron chi connectivity index (χ2n) is 4.39. The summed E-state index contributed by atoms with van der Waals surface area (Å²) in [5.74, 6) is 1.64. The van der Waals surface area contributed by atoms with Gasteiger partial charge < -0.3 is 4.90 Å². The zero-order valence-electron chi connectivity index (χ0n) is 10.9. The van der Waals surface area contributed by atoms with E-state index >= 15 is 0 Å². The molecule has 0 amide bonds. The Bertz CT molecular complexity index is 691. The molecule has 0 unspecified atom stereocenters. The zero-order valence-corrected chi connectivity index (χ0v) is 10.9. The summed E-state index contributed by atoms with van der Waals surface area (Å²) in [4.78, 5) is 6.36. The van der Waals surface area contributed by atoms with Crippen molar-refractivity contribution in [2.75, 3.05) is 11.9 Å². The molecule has 19 heavy (non-hydrogen) atoms. The summed E-state index contributed by atoms with van der Waals surface area (Å²) in [6, 6.07) is 9.74. The Morgan fingerprint density at radius 3 is 2.84 bits per heavy atom. The van der Waals surface area contributed by atoms with E-state index in [0.29, 0.717) is 6.54 Å². The molecule has 0 aromatic carbocycles. The maximum Gasteiger partial charge on any atom is 0.178 e. The summed E-state index contributed by atoms with van der Waals surface area (Å²) in [6.45, 7) is 2.59. The van der Waals surface area contributed by atoms with Crippen molar-refractivity contribution in [1.29, 1.82) is 0 Å². The number of anilines is 1. The van der Waals surface area contributed by atoms with Crippen LogP contribution in [0, 0.1) is 6.92 Å². The lowest BCUT2D eigenvalue weighted by atomic mass is 10.3. The first-order chi connectivity index (χ1) is 9.24. The van der Waals surface area contributed by atoms with Gasteiger partial charge in [-0.3, -0.25) is 4.98 Å². The normalized spacial score (nSPS) is 10.8. The van der Waals surface area contributed by atoms with Gasteiger partial charge in [0, 0.05) is 13.2 Å². The topological polar surface area (TPSA) is 59.2 Å². The van der Waals surface area contributed by atoms with Crippen LogP contribution in [-0.4, -0.2) is 31.8 Å². The standard InChI is InChI=1S/C13H14N6/c1-10-15-16-12-6-7-13(17-19(10)12)18(2)9-11-5-3-4-8-14-11/h3-8H,9H2,1-2H3. The van der Waals surface area contributed by atoms with Crippen LogP contribution in [0.2, 0.25) is 0 Å². The fraction of sp³-hybridized carbons (Fsp3) is 0.231. The third kappa shape index (κ3) is 2.24. The van der Waals surface area contributed by atoms with Gasteiger partial charge in [0.2, 0.25) is 0 Å². The second-order valence-corrected chi connectivity index (χ2v) is 4.39. The van der Waals surface area contributed by atoms with E-state index in [1.54, 1.807) is 10.7 Å². The highest BCUT2D eigenvalue weighted by atomic mass is 15.4. The second kappa shape index (κ2) is 4.64. The van der Waals surface area contributed by atoms with Crippen LogP contribution in [-0.2, 0) is 6.54 Å². The van der Waals surface area contributed by atoms with Crippen molar-refractivity contribution >= 4 is 11.5 Å². The van der Waals surface area contributed by atoms with Gasteiger partial charge in [-0.15, -0.1) is 15.3 Å². The number of fused-ring (bicyclic) bond motifs is 1. The van der Waals surface area contributed by atoms with Crippen LogP contribution in [0.5, 0.6) is 0 Å². The lowest BCUT2D eigenvalue weighted by Gasteiger charge is -2.17. The largest absolute Gasteiger partial charge is 0.352 e. The van der Waals surface area contributed by atoms with E-state index in [4.69, 9.17) is 0 Å². The molecule has 0 saturated carbocycles. The van der Waals surface area contributed by atoms with Gasteiger partial charge in [0.25, 0.3) is 0 Å². The van der Waals surface area contributed by atoms with Crippen molar-refractivity contribution in [3.63, 3.8) is 0 Å². The Hall–Kier alpha value is -2.50. The molecule has 0 spiro atoms. The van der Waals surface area contributed by atoms with E-state index in [1.807, 2.05) is 49.2 Å². The molecule has 0 aliphatic rings. The molecule has 0 radical (unpaired) electrons. The molecule has 3 rings (SSSR count). The lowest BCUT2D eigenvalue weighted by molar-refractivity contribution is 0.808. The summed E-state index contributed by atoms with van der Waals surface area (Å²) in [5, 5.41) is 12.5. The highest BCUT2D eigenvalue weighted by molar-refractivity contribution is 5.45. The minimum Gasteiger partial charge on any atom is -0.352 e. The smallest absolute Gasteiger partial charge is 0.178 e. The van der Waals surface area contributed by atoms with Crippen LogP contribution in [0.15, 0.2) is 36.5 Å². The van der Waals surface area contributed by atoms with Gasteiger partial charge in [-0.05, 0) is 31.2 Å². The van der Waals surface area contributed by atoms with Crippen LogP contribution in [0.25, 0.3) is 5.65 Å². The Labute approximate surface area is 110 Å². The van der Waals surface area contributed by atoms with Crippen molar-refractivity contribution < 1.29 is 0 Å². The Morgan fingerprint density at radius 1 is 1.16 bits per heavy atom. The van der Waals surface area contributed by atoms with Crippen LogP contribution < -0.4 is 4.90 Å². The molecule has 0 saturated heterocycles. The fourth-order valence-corrected chi connectivity index (χ4v) is 1.91. The Morgan fingerprint density at radius 2 is 2.05 bits per heavy atom. The van der Waals surface area contributed by atoms with Gasteiger partial charge in [-0.25, -0.2) is 0 Å². The average molecular weight is 254 g/mol. The average Bonchev–Trinajstić information content (AvgIpc) is 2.81. The number of nitrogens with zero attached hydrogens (tertiary/aromatic N) is 6. The van der Waals surface area contributed by atoms with Crippen molar-refractivity contribution in [1.82, 2.24) is 24.8 Å². The number of pyridine rings is 1. The molecule has 0 aliphatic heterocycles. The Kier molecular flexibility index (Phi) is 2.83. The molecule has 6 nitrogen and oxygen atoms in total. The summed E-state index contributed by atoms with van der Waals surface area (Å²) in [7, 11) is 1.99. The van der Waals surface area contributed by atoms with Gasteiger partial charge in [0.05, 0.1) is 12.2 Å². The summed E-state index contributed by atoms with van der Waals surface area (Å²) in [5.41, 5.74) is 1.76. The SMILES string of the molecule is Cc1nnc2ccc(N(C)Cc3ccccn3)nn12. The van der Waals surface area contributed by atoms with Gasteiger partial charge >= 0.3 is 0 Å². The first-order valence-electron chi connectivity index (χ1n) is 6.04. The van der Waals surface area contributed by atoms with Gasteiger partial charge in [-0.2, -0.15) is 4.52 Å². The molecule has 0 N–H and O–H groups in total. The van der Waals surface area contributed by atoms with Crippen molar-refractivity contribution in [2.45, 2.75) is 13.5 Å². The van der Waals surface area contributed by atoms with Crippen LogP contribution >= 0.6 is 0 Å². The van der Waals surface area contributed by atoms with E-state index in [9.17, 15) is 0 Å². The molecule has 3 aromatic heterocycles. The van der Waals surface area contributed by atoms with Crippen molar-refractivity contribution in [2.24, 2.45) is 0 Å². The first kappa shape index (κ1) is 11.6. The number of aryl methyl sites for hydroxylation is 1. The molecule has 0 fully saturated rings. The number of aromatic nitrogens is 5. The maximum absolute atomic E-state index is 4.52. The highest BCUT2D eigenvalue weighted by Crippen LogP contribution is 2.12. The van der Waals surface area contributed by atoms with E-state index in [2.05, 4.69) is 20.3 Å². The lowest BCUT2D eigenvalue weighted by Crippen LogP contribution is -2.19. The number of hydrogen-bond donors (Lipinski definition) is 0. The molecular formula is C13H14N6. The number of hydrogen-bond acceptors (Lipinski definition) is 5. The van der Waals surface area contributed by atoms with Gasteiger partial charge in [0.15, 0.2) is 11.5 Å². The third-order valence-electron chi connectivity index (χ3n) is 2.92. The summed E-state index contributed by atoms with van der Waals surface area (Å²) in [6.07, 6.45) is 1.80. The van der Waals surface area contributed by atoms with Crippen LogP contribution in [0.4, 0.5) is 5.82 Å². The van der Waals surface area contributed by atoms with Crippen molar-refractivity contribution in [3.8, 4) is 0 Å². The van der Waals surface area contributed by atoms with Crippen LogP contribution in [0.1, 0.15) is 11.5 Å². The van der Waals surface area contributed by atoms with E-state index < -0.39 is 0 Å². The van der Waals surface area contributed by atoms with E-state index in [1.165, 1.54) is 0 Å². The predicted octanol–water partition coefficient (Wildman–Crippen LogP) is 1.46. The molecule has 0 bridgehead atoms. The Balaban J connectivity index is 1.89. The van der Waals surface area contributed by atoms with E-state index in [-0.39, 0.29) is 0 Å². The number of rotatable bonds is 3. The maximum atomic E-state index is 4.52. The molecule has 0 atom stereocenters. The predicted molar refractivity (Wildman–Crippen MR) is 71.9 cm³/mol. The first-order valence-corrected chi connectivity index (χ1v) is 6.04. The molecular weight excluding hydrogens is 240 g/mol. The quantitative estimate of drug-likeness (QED) is 0.708. The van der Waals surface area contributed by atoms with Gasteiger partial charge in [-0.1, -0.05) is 6.07 Å². The monoisotopic (exact) mass is 254 g/mol. The minimum absolute atomic E-state index is 0.709. The molecule has 0 aliphatic carbocycles. The molecule has 6 heteroatoms. The molecule has 96 valence electrons.